The smallest absolute Gasteiger partial charge is 0.278 e. The Bertz CT molecular complexity index is 768. The van der Waals surface area contributed by atoms with Crippen LogP contribution in [0.4, 0.5) is 14.5 Å². The van der Waals surface area contributed by atoms with E-state index in [0.717, 1.165) is 6.07 Å². The molecule has 0 atom stereocenters. The van der Waals surface area contributed by atoms with E-state index in [1.54, 1.807) is 18.3 Å². The highest BCUT2D eigenvalue weighted by Crippen LogP contribution is 2.21. The molecule has 2 N–H and O–H groups in total. The number of rotatable bonds is 3. The second kappa shape index (κ2) is 5.28. The summed E-state index contributed by atoms with van der Waals surface area (Å²) in [4.78, 5) is 8.19. The van der Waals surface area contributed by atoms with Gasteiger partial charge in [0, 0.05) is 18.7 Å². The summed E-state index contributed by atoms with van der Waals surface area (Å²) in [6.45, 7) is 0. The lowest BCUT2D eigenvalue weighted by Gasteiger charge is -1.98. The third kappa shape index (κ3) is 2.86. The van der Waals surface area contributed by atoms with Crippen molar-refractivity contribution in [2.24, 2.45) is 0 Å². The van der Waals surface area contributed by atoms with Crippen LogP contribution in [0.1, 0.15) is 11.4 Å². The summed E-state index contributed by atoms with van der Waals surface area (Å²) in [5.41, 5.74) is 6.96. The van der Waals surface area contributed by atoms with Crippen molar-refractivity contribution in [2.45, 2.75) is 6.42 Å². The number of nitrogens with two attached hydrogens (primary N) is 1. The van der Waals surface area contributed by atoms with Crippen LogP contribution in [0.15, 0.2) is 41.1 Å². The van der Waals surface area contributed by atoms with Crippen LogP contribution in [0.25, 0.3) is 11.6 Å². The first-order valence-electron chi connectivity index (χ1n) is 6.10. The van der Waals surface area contributed by atoms with Crippen molar-refractivity contribution < 1.29 is 13.3 Å². The van der Waals surface area contributed by atoms with Crippen LogP contribution in [-0.4, -0.2) is 15.1 Å². The molecule has 3 aromatic rings. The minimum atomic E-state index is -0.650. The molecule has 0 aliphatic heterocycles. The van der Waals surface area contributed by atoms with Crippen LogP contribution in [0.5, 0.6) is 0 Å². The minimum absolute atomic E-state index is 0.144. The molecule has 0 spiro atoms. The summed E-state index contributed by atoms with van der Waals surface area (Å²) in [5.74, 6) is -0.842. The van der Waals surface area contributed by atoms with Gasteiger partial charge >= 0.3 is 0 Å². The fourth-order valence-corrected chi connectivity index (χ4v) is 1.91. The lowest BCUT2D eigenvalue weighted by molar-refractivity contribution is 0.423. The van der Waals surface area contributed by atoms with Crippen LogP contribution in [-0.2, 0) is 6.42 Å². The van der Waals surface area contributed by atoms with Crippen LogP contribution in [0, 0.1) is 11.6 Å². The first-order chi connectivity index (χ1) is 10.1. The molecule has 0 bridgehead atoms. The Balaban J connectivity index is 1.87. The average molecular weight is 288 g/mol. The Hall–Kier alpha value is -2.83. The van der Waals surface area contributed by atoms with E-state index in [-0.39, 0.29) is 12.3 Å². The van der Waals surface area contributed by atoms with Gasteiger partial charge in [-0.25, -0.2) is 13.8 Å². The molecule has 1 aromatic carbocycles. The maximum atomic E-state index is 13.1. The predicted molar refractivity (Wildman–Crippen MR) is 71.1 cm³/mol. The number of nitrogens with zero attached hydrogens (tertiary/aromatic N) is 3. The molecule has 106 valence electrons. The molecule has 21 heavy (non-hydrogen) atoms. The molecule has 5 nitrogen and oxygen atoms in total. The van der Waals surface area contributed by atoms with Crippen molar-refractivity contribution >= 4 is 5.69 Å². The molecule has 0 aliphatic rings. The van der Waals surface area contributed by atoms with E-state index in [4.69, 9.17) is 10.3 Å². The summed E-state index contributed by atoms with van der Waals surface area (Å²) in [6.07, 6.45) is 1.70. The zero-order chi connectivity index (χ0) is 14.8. The van der Waals surface area contributed by atoms with Crippen molar-refractivity contribution in [3.05, 3.63) is 59.6 Å². The normalized spacial score (nSPS) is 10.8. The van der Waals surface area contributed by atoms with Gasteiger partial charge in [0.2, 0.25) is 0 Å². The van der Waals surface area contributed by atoms with Gasteiger partial charge in [-0.2, -0.15) is 4.98 Å². The van der Waals surface area contributed by atoms with Gasteiger partial charge in [0.25, 0.3) is 5.89 Å². The maximum Gasteiger partial charge on any atom is 0.278 e. The Morgan fingerprint density at radius 1 is 1.14 bits per heavy atom. The van der Waals surface area contributed by atoms with E-state index in [9.17, 15) is 8.78 Å². The second-order valence-electron chi connectivity index (χ2n) is 4.41. The highest BCUT2D eigenvalue weighted by atomic mass is 19.1. The first-order valence-corrected chi connectivity index (χ1v) is 6.10. The van der Waals surface area contributed by atoms with Crippen molar-refractivity contribution in [2.75, 3.05) is 5.73 Å². The first kappa shape index (κ1) is 13.2. The van der Waals surface area contributed by atoms with Crippen LogP contribution in [0.3, 0.4) is 0 Å². The molecule has 0 saturated heterocycles. The van der Waals surface area contributed by atoms with Crippen LogP contribution >= 0.6 is 0 Å². The summed E-state index contributed by atoms with van der Waals surface area (Å²) >= 11 is 0. The Kier molecular flexibility index (Phi) is 3.31. The SMILES string of the molecule is Nc1cccnc1-c1nc(Cc2cc(F)cc(F)c2)no1. The molecule has 0 amide bonds. The van der Waals surface area contributed by atoms with Crippen molar-refractivity contribution in [1.29, 1.82) is 0 Å². The molecular weight excluding hydrogens is 278 g/mol. The van der Waals surface area contributed by atoms with Crippen molar-refractivity contribution in [3.63, 3.8) is 0 Å². The number of aromatic nitrogens is 3. The number of hydrogen-bond acceptors (Lipinski definition) is 5. The fraction of sp³-hybridized carbons (Fsp3) is 0.0714. The van der Waals surface area contributed by atoms with Crippen LogP contribution < -0.4 is 5.73 Å². The molecule has 7 heteroatoms. The Morgan fingerprint density at radius 2 is 1.90 bits per heavy atom. The van der Waals surface area contributed by atoms with Gasteiger partial charge in [-0.05, 0) is 29.8 Å². The number of halogens is 2. The largest absolute Gasteiger partial charge is 0.397 e. The fourth-order valence-electron chi connectivity index (χ4n) is 1.91. The molecule has 0 aliphatic carbocycles. The maximum absolute atomic E-state index is 13.1. The standard InChI is InChI=1S/C14H10F2N4O/c15-9-4-8(5-10(16)7-9)6-12-19-14(21-20-12)13-11(17)2-1-3-18-13/h1-5,7H,6,17H2. The lowest BCUT2D eigenvalue weighted by atomic mass is 10.1. The molecule has 0 unspecified atom stereocenters. The number of nitrogen functional groups attached to an aromatic ring is 1. The third-order valence-corrected chi connectivity index (χ3v) is 2.79. The highest BCUT2D eigenvalue weighted by Gasteiger charge is 2.13. The van der Waals surface area contributed by atoms with Gasteiger partial charge in [-0.15, -0.1) is 0 Å². The summed E-state index contributed by atoms with van der Waals surface area (Å²) in [5, 5.41) is 3.76. The van der Waals surface area contributed by atoms with E-state index in [2.05, 4.69) is 15.1 Å². The zero-order valence-electron chi connectivity index (χ0n) is 10.8. The van der Waals surface area contributed by atoms with Crippen molar-refractivity contribution in [1.82, 2.24) is 15.1 Å². The van der Waals surface area contributed by atoms with E-state index in [1.807, 2.05) is 0 Å². The average Bonchev–Trinajstić information content (AvgIpc) is 2.86. The van der Waals surface area contributed by atoms with Gasteiger partial charge in [-0.3, -0.25) is 0 Å². The van der Waals surface area contributed by atoms with Gasteiger partial charge in [0.05, 0.1) is 5.69 Å². The number of benzene rings is 1. The third-order valence-electron chi connectivity index (χ3n) is 2.79. The van der Waals surface area contributed by atoms with Crippen molar-refractivity contribution in [3.8, 4) is 11.6 Å². The number of hydrogen-bond donors (Lipinski definition) is 1. The lowest BCUT2D eigenvalue weighted by Crippen LogP contribution is -1.95. The highest BCUT2D eigenvalue weighted by molar-refractivity contribution is 5.65. The van der Waals surface area contributed by atoms with Gasteiger partial charge in [0.15, 0.2) is 11.5 Å². The quantitative estimate of drug-likeness (QED) is 0.801. The second-order valence-corrected chi connectivity index (χ2v) is 4.41. The summed E-state index contributed by atoms with van der Waals surface area (Å²) in [6, 6.07) is 6.59. The number of pyridine rings is 1. The van der Waals surface area contributed by atoms with Crippen LogP contribution in [0.2, 0.25) is 0 Å². The van der Waals surface area contributed by atoms with Gasteiger partial charge < -0.3 is 10.3 Å². The molecule has 0 radical (unpaired) electrons. The van der Waals surface area contributed by atoms with Gasteiger partial charge in [-0.1, -0.05) is 5.16 Å². The minimum Gasteiger partial charge on any atom is -0.397 e. The summed E-state index contributed by atoms with van der Waals surface area (Å²) in [7, 11) is 0. The molecular formula is C14H10F2N4O. The molecule has 0 fully saturated rings. The van der Waals surface area contributed by atoms with E-state index < -0.39 is 11.6 Å². The van der Waals surface area contributed by atoms with Gasteiger partial charge in [0.1, 0.15) is 11.6 Å². The predicted octanol–water partition coefficient (Wildman–Crippen LogP) is 2.58. The summed E-state index contributed by atoms with van der Waals surface area (Å²) < 4.78 is 31.3. The molecule has 2 aromatic heterocycles. The topological polar surface area (TPSA) is 77.8 Å². The molecule has 3 rings (SSSR count). The van der Waals surface area contributed by atoms with E-state index >= 15 is 0 Å². The Morgan fingerprint density at radius 3 is 2.62 bits per heavy atom. The zero-order valence-corrected chi connectivity index (χ0v) is 10.8. The Labute approximate surface area is 118 Å². The van der Waals surface area contributed by atoms with E-state index in [0.29, 0.717) is 22.8 Å². The monoisotopic (exact) mass is 288 g/mol. The molecule has 2 heterocycles. The molecule has 0 saturated carbocycles. The number of anilines is 1. The van der Waals surface area contributed by atoms with E-state index in [1.165, 1.54) is 12.1 Å².